The van der Waals surface area contributed by atoms with Crippen LogP contribution in [0, 0.1) is 0 Å². The van der Waals surface area contributed by atoms with Gasteiger partial charge in [-0.05, 0) is 31.5 Å². The van der Waals surface area contributed by atoms with Crippen LogP contribution in [0.25, 0.3) is 0 Å². The molecule has 1 unspecified atom stereocenters. The predicted molar refractivity (Wildman–Crippen MR) is 112 cm³/mol. The Morgan fingerprint density at radius 1 is 1.03 bits per heavy atom. The Morgan fingerprint density at radius 3 is 2.38 bits per heavy atom. The van der Waals surface area contributed by atoms with Crippen molar-refractivity contribution in [2.75, 3.05) is 24.3 Å². The summed E-state index contributed by atoms with van der Waals surface area (Å²) in [6.45, 7) is 5.07. The van der Waals surface area contributed by atoms with Gasteiger partial charge in [-0.2, -0.15) is 0 Å². The Hall–Kier alpha value is -2.52. The van der Waals surface area contributed by atoms with Gasteiger partial charge in [0, 0.05) is 10.6 Å². The van der Waals surface area contributed by atoms with Gasteiger partial charge in [0.1, 0.15) is 5.00 Å². The van der Waals surface area contributed by atoms with Crippen LogP contribution in [0.3, 0.4) is 0 Å². The van der Waals surface area contributed by atoms with E-state index in [-0.39, 0.29) is 17.7 Å². The lowest BCUT2D eigenvalue weighted by Crippen LogP contribution is -2.22. The predicted octanol–water partition coefficient (Wildman–Crippen LogP) is 3.41. The van der Waals surface area contributed by atoms with Gasteiger partial charge in [0.25, 0.3) is 5.91 Å². The number of nitrogens with one attached hydrogen (secondary N) is 1. The van der Waals surface area contributed by atoms with Gasteiger partial charge in [-0.15, -0.1) is 11.3 Å². The topological polar surface area (TPSA) is 98.8 Å². The second-order valence-electron chi connectivity index (χ2n) is 5.78. The average molecular weight is 438 g/mol. The van der Waals surface area contributed by atoms with Gasteiger partial charge in [-0.25, -0.2) is 9.59 Å². The van der Waals surface area contributed by atoms with Crippen LogP contribution in [-0.4, -0.2) is 41.0 Å². The molecule has 0 saturated heterocycles. The highest BCUT2D eigenvalue weighted by molar-refractivity contribution is 7.85. The fraction of sp³-hybridized carbons (Fsp3) is 0.350. The second kappa shape index (κ2) is 10.9. The van der Waals surface area contributed by atoms with E-state index in [4.69, 9.17) is 9.47 Å². The lowest BCUT2D eigenvalue weighted by molar-refractivity contribution is -0.119. The zero-order valence-electron chi connectivity index (χ0n) is 16.5. The third-order valence-corrected chi connectivity index (χ3v) is 6.39. The summed E-state index contributed by atoms with van der Waals surface area (Å²) in [7, 11) is -1.33. The summed E-state index contributed by atoms with van der Waals surface area (Å²) in [5, 5.41) is 2.96. The number of esters is 2. The average Bonchev–Trinajstić information content (AvgIpc) is 3.14. The summed E-state index contributed by atoms with van der Waals surface area (Å²) >= 11 is 1.27. The van der Waals surface area contributed by atoms with Gasteiger partial charge in [0.2, 0.25) is 0 Å². The first-order chi connectivity index (χ1) is 13.9. The molecule has 0 aliphatic rings. The molecule has 0 radical (unpaired) electrons. The molecule has 0 fully saturated rings. The van der Waals surface area contributed by atoms with Gasteiger partial charge < -0.3 is 14.8 Å². The van der Waals surface area contributed by atoms with Crippen molar-refractivity contribution in [2.24, 2.45) is 0 Å². The van der Waals surface area contributed by atoms with Crippen LogP contribution in [0.2, 0.25) is 0 Å². The Balaban J connectivity index is 2.06. The van der Waals surface area contributed by atoms with Gasteiger partial charge in [0.15, 0.2) is 6.61 Å². The number of carbonyl (C=O) groups excluding carboxylic acids is 3. The molecule has 2 rings (SSSR count). The molecule has 0 spiro atoms. The van der Waals surface area contributed by atoms with E-state index < -0.39 is 35.3 Å². The number of amides is 1. The SMILES string of the molecule is CCOC(=O)c1cc(CC)sc1NC(=O)COC(=O)c1ccccc1S(=O)CC. The van der Waals surface area contributed by atoms with E-state index in [9.17, 15) is 18.6 Å². The van der Waals surface area contributed by atoms with E-state index in [2.05, 4.69) is 5.32 Å². The molecule has 2 aromatic rings. The first kappa shape index (κ1) is 22.8. The van der Waals surface area contributed by atoms with Crippen LogP contribution < -0.4 is 5.32 Å². The summed E-state index contributed by atoms with van der Waals surface area (Å²) in [5.41, 5.74) is 0.439. The quantitative estimate of drug-likeness (QED) is 0.604. The maximum atomic E-state index is 12.3. The van der Waals surface area contributed by atoms with Crippen LogP contribution in [0.5, 0.6) is 0 Å². The van der Waals surface area contributed by atoms with E-state index in [0.29, 0.717) is 22.1 Å². The van der Waals surface area contributed by atoms with Crippen LogP contribution in [0.15, 0.2) is 35.2 Å². The molecule has 1 N–H and O–H groups in total. The summed E-state index contributed by atoms with van der Waals surface area (Å²) < 4.78 is 22.2. The maximum Gasteiger partial charge on any atom is 0.341 e. The van der Waals surface area contributed by atoms with E-state index in [1.807, 2.05) is 6.92 Å². The largest absolute Gasteiger partial charge is 0.462 e. The van der Waals surface area contributed by atoms with E-state index in [0.717, 1.165) is 4.88 Å². The molecule has 7 nitrogen and oxygen atoms in total. The summed E-state index contributed by atoms with van der Waals surface area (Å²) in [6.07, 6.45) is 0.702. The van der Waals surface area contributed by atoms with Crippen molar-refractivity contribution in [3.05, 3.63) is 46.3 Å². The Bertz CT molecular complexity index is 921. The van der Waals surface area contributed by atoms with Crippen LogP contribution in [0.4, 0.5) is 5.00 Å². The number of rotatable bonds is 9. The third-order valence-electron chi connectivity index (χ3n) is 3.83. The minimum Gasteiger partial charge on any atom is -0.462 e. The van der Waals surface area contributed by atoms with Gasteiger partial charge in [-0.3, -0.25) is 9.00 Å². The Labute approximate surface area is 175 Å². The fourth-order valence-corrected chi connectivity index (χ4v) is 4.37. The lowest BCUT2D eigenvalue weighted by Gasteiger charge is -2.09. The summed E-state index contributed by atoms with van der Waals surface area (Å²) in [4.78, 5) is 38.0. The van der Waals surface area contributed by atoms with Crippen LogP contribution >= 0.6 is 11.3 Å². The van der Waals surface area contributed by atoms with Gasteiger partial charge >= 0.3 is 11.9 Å². The molecule has 9 heteroatoms. The highest BCUT2D eigenvalue weighted by atomic mass is 32.2. The van der Waals surface area contributed by atoms with Crippen molar-refractivity contribution in [3.8, 4) is 0 Å². The van der Waals surface area contributed by atoms with Crippen molar-refractivity contribution < 1.29 is 28.1 Å². The minimum absolute atomic E-state index is 0.164. The molecule has 0 saturated carbocycles. The number of thiophene rings is 1. The highest BCUT2D eigenvalue weighted by Gasteiger charge is 2.20. The zero-order valence-corrected chi connectivity index (χ0v) is 18.1. The van der Waals surface area contributed by atoms with Crippen molar-refractivity contribution >= 4 is 45.0 Å². The second-order valence-corrected chi connectivity index (χ2v) is 8.63. The normalized spacial score (nSPS) is 11.6. The van der Waals surface area contributed by atoms with Crippen molar-refractivity contribution in [1.29, 1.82) is 0 Å². The van der Waals surface area contributed by atoms with Crippen molar-refractivity contribution in [1.82, 2.24) is 0 Å². The standard InChI is InChI=1S/C20H23NO6S2/c1-4-13-11-15(20(24)26-5-2)18(28-13)21-17(22)12-27-19(23)14-9-7-8-10-16(14)29(25)6-3/h7-11H,4-6,12H2,1-3H3,(H,21,22). The molecule has 156 valence electrons. The molecule has 1 aromatic heterocycles. The molecular weight excluding hydrogens is 414 g/mol. The van der Waals surface area contributed by atoms with E-state index >= 15 is 0 Å². The summed E-state index contributed by atoms with van der Waals surface area (Å²) in [6, 6.07) is 8.11. The lowest BCUT2D eigenvalue weighted by atomic mass is 10.2. The number of ether oxygens (including phenoxy) is 2. The molecule has 1 amide bonds. The van der Waals surface area contributed by atoms with Gasteiger partial charge in [0.05, 0.1) is 33.4 Å². The number of hydrogen-bond donors (Lipinski definition) is 1. The smallest absolute Gasteiger partial charge is 0.341 e. The molecule has 0 bridgehead atoms. The van der Waals surface area contributed by atoms with Crippen molar-refractivity contribution in [3.63, 3.8) is 0 Å². The number of anilines is 1. The maximum absolute atomic E-state index is 12.3. The molecule has 1 aromatic carbocycles. The first-order valence-corrected chi connectivity index (χ1v) is 11.3. The number of hydrogen-bond acceptors (Lipinski definition) is 7. The molecule has 1 heterocycles. The van der Waals surface area contributed by atoms with Crippen LogP contribution in [-0.2, 0) is 31.5 Å². The Kier molecular flexibility index (Phi) is 8.53. The molecule has 0 aliphatic heterocycles. The van der Waals surface area contributed by atoms with Gasteiger partial charge in [-0.1, -0.05) is 26.0 Å². The molecule has 0 aliphatic carbocycles. The van der Waals surface area contributed by atoms with E-state index in [1.54, 1.807) is 38.1 Å². The Morgan fingerprint density at radius 2 is 1.72 bits per heavy atom. The third kappa shape index (κ3) is 5.98. The number of aryl methyl sites for hydroxylation is 1. The molecular formula is C20H23NO6S2. The number of carbonyl (C=O) groups is 3. The number of benzene rings is 1. The first-order valence-electron chi connectivity index (χ1n) is 9.15. The van der Waals surface area contributed by atoms with Crippen molar-refractivity contribution in [2.45, 2.75) is 32.1 Å². The summed E-state index contributed by atoms with van der Waals surface area (Å²) in [5.74, 6) is -1.47. The van der Waals surface area contributed by atoms with E-state index in [1.165, 1.54) is 17.4 Å². The zero-order chi connectivity index (χ0) is 21.4. The fourth-order valence-electron chi connectivity index (χ4n) is 2.43. The monoisotopic (exact) mass is 437 g/mol. The van der Waals surface area contributed by atoms with Crippen LogP contribution in [0.1, 0.15) is 46.4 Å². The molecule has 29 heavy (non-hydrogen) atoms. The highest BCUT2D eigenvalue weighted by Crippen LogP contribution is 2.29. The molecule has 1 atom stereocenters. The minimum atomic E-state index is -1.33.